The summed E-state index contributed by atoms with van der Waals surface area (Å²) in [5, 5.41) is 19.7. The first-order chi connectivity index (χ1) is 12.2. The minimum Gasteiger partial charge on any atom is -0.480 e. The normalized spacial score (nSPS) is 12.6. The number of nitrogens with zero attached hydrogens (tertiary/aromatic N) is 3. The van der Waals surface area contributed by atoms with Crippen molar-refractivity contribution in [3.05, 3.63) is 41.7 Å². The van der Waals surface area contributed by atoms with Gasteiger partial charge in [-0.15, -0.1) is 5.10 Å². The van der Waals surface area contributed by atoms with Crippen LogP contribution in [-0.4, -0.2) is 50.2 Å². The second-order valence-corrected chi connectivity index (χ2v) is 6.88. The topological polar surface area (TPSA) is 106 Å². The van der Waals surface area contributed by atoms with Crippen LogP contribution in [0.3, 0.4) is 0 Å². The van der Waals surface area contributed by atoms with Crippen LogP contribution in [-0.2, 0) is 9.53 Å². The van der Waals surface area contributed by atoms with E-state index in [2.05, 4.69) is 15.6 Å². The van der Waals surface area contributed by atoms with Crippen LogP contribution < -0.4 is 5.32 Å². The number of aliphatic carboxylic acids is 1. The molecule has 0 bridgehead atoms. The molecule has 26 heavy (non-hydrogen) atoms. The van der Waals surface area contributed by atoms with E-state index in [9.17, 15) is 14.7 Å². The molecule has 8 heteroatoms. The quantitative estimate of drug-likeness (QED) is 0.782. The number of nitrogens with one attached hydrogen (secondary N) is 1. The van der Waals surface area contributed by atoms with E-state index < -0.39 is 17.9 Å². The van der Waals surface area contributed by atoms with E-state index in [-0.39, 0.29) is 24.3 Å². The van der Waals surface area contributed by atoms with E-state index in [0.29, 0.717) is 5.69 Å². The Morgan fingerprint density at radius 2 is 1.92 bits per heavy atom. The second kappa shape index (κ2) is 8.09. The molecule has 0 saturated heterocycles. The number of rotatable bonds is 7. The van der Waals surface area contributed by atoms with E-state index in [4.69, 9.17) is 4.74 Å². The van der Waals surface area contributed by atoms with Gasteiger partial charge >= 0.3 is 5.97 Å². The number of amides is 1. The SMILES string of the molecule is Cc1c(C(=O)NC(CCOC(C)(C)C)C(=O)O)nnn1-c1ccccc1. The molecule has 0 aliphatic carbocycles. The molecule has 1 atom stereocenters. The smallest absolute Gasteiger partial charge is 0.326 e. The molecule has 1 amide bonds. The lowest BCUT2D eigenvalue weighted by Gasteiger charge is -2.21. The first-order valence-electron chi connectivity index (χ1n) is 8.34. The van der Waals surface area contributed by atoms with E-state index >= 15 is 0 Å². The molecule has 0 saturated carbocycles. The van der Waals surface area contributed by atoms with Crippen molar-refractivity contribution in [2.75, 3.05) is 6.61 Å². The zero-order valence-electron chi connectivity index (χ0n) is 15.4. The van der Waals surface area contributed by atoms with Crippen LogP contribution in [0.4, 0.5) is 0 Å². The third-order valence-corrected chi connectivity index (χ3v) is 3.66. The van der Waals surface area contributed by atoms with Gasteiger partial charge in [0.15, 0.2) is 5.69 Å². The van der Waals surface area contributed by atoms with Gasteiger partial charge in [-0.25, -0.2) is 9.48 Å². The molecule has 1 heterocycles. The molecule has 2 aromatic rings. The maximum atomic E-state index is 12.5. The molecule has 1 aromatic heterocycles. The minimum absolute atomic E-state index is 0.0943. The highest BCUT2D eigenvalue weighted by Crippen LogP contribution is 2.12. The lowest BCUT2D eigenvalue weighted by Crippen LogP contribution is -2.42. The number of carboxylic acids is 1. The van der Waals surface area contributed by atoms with Gasteiger partial charge in [-0.05, 0) is 39.8 Å². The molecule has 0 aliphatic rings. The number of carboxylic acid groups (broad SMARTS) is 1. The number of ether oxygens (including phenoxy) is 1. The second-order valence-electron chi connectivity index (χ2n) is 6.88. The summed E-state index contributed by atoms with van der Waals surface area (Å²) in [7, 11) is 0. The number of carbonyl (C=O) groups is 2. The van der Waals surface area contributed by atoms with E-state index in [1.807, 2.05) is 51.1 Å². The highest BCUT2D eigenvalue weighted by Gasteiger charge is 2.25. The van der Waals surface area contributed by atoms with E-state index in [0.717, 1.165) is 5.69 Å². The highest BCUT2D eigenvalue weighted by molar-refractivity contribution is 5.95. The van der Waals surface area contributed by atoms with E-state index in [1.54, 1.807) is 6.92 Å². The summed E-state index contributed by atoms with van der Waals surface area (Å²) in [6.07, 6.45) is 0.157. The lowest BCUT2D eigenvalue weighted by atomic mass is 10.1. The van der Waals surface area contributed by atoms with Gasteiger partial charge in [0.1, 0.15) is 6.04 Å². The average molecular weight is 360 g/mol. The molecule has 2 rings (SSSR count). The van der Waals surface area contributed by atoms with Gasteiger partial charge in [0.05, 0.1) is 17.0 Å². The standard InChI is InChI=1S/C18H24N4O4/c1-12-15(20-21-22(12)13-8-6-5-7-9-13)16(23)19-14(17(24)25)10-11-26-18(2,3)4/h5-9,14H,10-11H2,1-4H3,(H,19,23)(H,24,25). The van der Waals surface area contributed by atoms with Crippen molar-refractivity contribution in [3.8, 4) is 5.69 Å². The molecule has 0 aliphatic heterocycles. The van der Waals surface area contributed by atoms with Crippen molar-refractivity contribution in [2.45, 2.75) is 45.8 Å². The van der Waals surface area contributed by atoms with Gasteiger partial charge in [0.25, 0.3) is 5.91 Å². The zero-order valence-corrected chi connectivity index (χ0v) is 15.4. The van der Waals surface area contributed by atoms with Crippen LogP contribution in [0, 0.1) is 6.92 Å². The van der Waals surface area contributed by atoms with Gasteiger partial charge in [-0.1, -0.05) is 23.4 Å². The number of benzene rings is 1. The molecular formula is C18H24N4O4. The molecule has 0 fully saturated rings. The molecule has 8 nitrogen and oxygen atoms in total. The van der Waals surface area contributed by atoms with Gasteiger partial charge in [0, 0.05) is 13.0 Å². The first-order valence-corrected chi connectivity index (χ1v) is 8.34. The predicted octanol–water partition coefficient (Wildman–Crippen LogP) is 1.96. The van der Waals surface area contributed by atoms with Crippen LogP contribution in [0.25, 0.3) is 5.69 Å². The van der Waals surface area contributed by atoms with Gasteiger partial charge in [-0.3, -0.25) is 4.79 Å². The number of carbonyl (C=O) groups excluding carboxylic acids is 1. The summed E-state index contributed by atoms with van der Waals surface area (Å²) >= 11 is 0. The Balaban J connectivity index is 2.08. The Hall–Kier alpha value is -2.74. The molecule has 0 spiro atoms. The molecule has 1 unspecified atom stereocenters. The fourth-order valence-electron chi connectivity index (χ4n) is 2.32. The van der Waals surface area contributed by atoms with Gasteiger partial charge in [0.2, 0.25) is 0 Å². The Bertz CT molecular complexity index is 765. The summed E-state index contributed by atoms with van der Waals surface area (Å²) in [4.78, 5) is 23.9. The zero-order chi connectivity index (χ0) is 19.3. The van der Waals surface area contributed by atoms with Crippen molar-refractivity contribution in [1.29, 1.82) is 0 Å². The van der Waals surface area contributed by atoms with Crippen molar-refractivity contribution in [1.82, 2.24) is 20.3 Å². The van der Waals surface area contributed by atoms with Crippen molar-refractivity contribution in [2.24, 2.45) is 0 Å². The minimum atomic E-state index is -1.12. The average Bonchev–Trinajstić information content (AvgIpc) is 2.95. The van der Waals surface area contributed by atoms with Crippen LogP contribution in [0.5, 0.6) is 0 Å². The van der Waals surface area contributed by atoms with Gasteiger partial charge < -0.3 is 15.2 Å². The Morgan fingerprint density at radius 3 is 2.50 bits per heavy atom. The molecular weight excluding hydrogens is 336 g/mol. The Kier molecular flexibility index (Phi) is 6.10. The van der Waals surface area contributed by atoms with Crippen LogP contribution in [0.1, 0.15) is 43.4 Å². The molecule has 0 radical (unpaired) electrons. The predicted molar refractivity (Wildman–Crippen MR) is 95.3 cm³/mol. The third kappa shape index (κ3) is 5.13. The molecule has 2 N–H and O–H groups in total. The third-order valence-electron chi connectivity index (χ3n) is 3.66. The van der Waals surface area contributed by atoms with Gasteiger partial charge in [-0.2, -0.15) is 0 Å². The highest BCUT2D eigenvalue weighted by atomic mass is 16.5. The maximum absolute atomic E-state index is 12.5. The Labute approximate surface area is 152 Å². The number of aromatic nitrogens is 3. The fourth-order valence-corrected chi connectivity index (χ4v) is 2.32. The number of hydrogen-bond acceptors (Lipinski definition) is 5. The summed E-state index contributed by atoms with van der Waals surface area (Å²) in [5.41, 5.74) is 1.02. The van der Waals surface area contributed by atoms with Crippen molar-refractivity contribution < 1.29 is 19.4 Å². The summed E-state index contributed by atoms with van der Waals surface area (Å²) in [6.45, 7) is 7.57. The van der Waals surface area contributed by atoms with E-state index in [1.165, 1.54) is 4.68 Å². The van der Waals surface area contributed by atoms with Crippen LogP contribution >= 0.6 is 0 Å². The summed E-state index contributed by atoms with van der Waals surface area (Å²) in [5.74, 6) is -1.70. The first kappa shape index (κ1) is 19.6. The van der Waals surface area contributed by atoms with Crippen LogP contribution in [0.15, 0.2) is 30.3 Å². The largest absolute Gasteiger partial charge is 0.480 e. The fraction of sp³-hybridized carbons (Fsp3) is 0.444. The van der Waals surface area contributed by atoms with Crippen molar-refractivity contribution >= 4 is 11.9 Å². The van der Waals surface area contributed by atoms with Crippen molar-refractivity contribution in [3.63, 3.8) is 0 Å². The number of para-hydroxylation sites is 1. The monoisotopic (exact) mass is 360 g/mol. The number of hydrogen-bond donors (Lipinski definition) is 2. The molecule has 140 valence electrons. The maximum Gasteiger partial charge on any atom is 0.326 e. The summed E-state index contributed by atoms with van der Waals surface area (Å²) < 4.78 is 7.07. The van der Waals surface area contributed by atoms with Crippen LogP contribution in [0.2, 0.25) is 0 Å². The molecule has 1 aromatic carbocycles. The summed E-state index contributed by atoms with van der Waals surface area (Å²) in [6, 6.07) is 8.20. The lowest BCUT2D eigenvalue weighted by molar-refractivity contribution is -0.140. The Morgan fingerprint density at radius 1 is 1.27 bits per heavy atom.